The molecule has 96 valence electrons. The molecule has 0 aromatic carbocycles. The largest absolute Gasteiger partial charge is 0.443 e. The van der Waals surface area contributed by atoms with Crippen LogP contribution in [-0.2, 0) is 4.74 Å². The molecule has 18 heavy (non-hydrogen) atoms. The minimum Gasteiger partial charge on any atom is -0.443 e. The molecule has 2 heterocycles. The minimum atomic E-state index is -0.481. The van der Waals surface area contributed by atoms with Crippen LogP contribution in [0.2, 0.25) is 0 Å². The van der Waals surface area contributed by atoms with Crippen molar-refractivity contribution in [3.05, 3.63) is 47.2 Å². The van der Waals surface area contributed by atoms with E-state index in [0.717, 1.165) is 16.2 Å². The Balaban J connectivity index is 2.17. The molecule has 0 aliphatic carbocycles. The number of nitrogens with zero attached hydrogens (tertiary/aromatic N) is 1. The van der Waals surface area contributed by atoms with Gasteiger partial charge in [-0.2, -0.15) is 0 Å². The average molecular weight is 263 g/mol. The molecule has 2 aliphatic heterocycles. The van der Waals surface area contributed by atoms with E-state index in [-0.39, 0.29) is 6.09 Å². The summed E-state index contributed by atoms with van der Waals surface area (Å²) in [6, 6.07) is 0. The van der Waals surface area contributed by atoms with Gasteiger partial charge in [0.25, 0.3) is 0 Å². The molecule has 0 atom stereocenters. The molecule has 0 radical (unpaired) electrons. The van der Waals surface area contributed by atoms with E-state index in [1.807, 2.05) is 39.1 Å². The summed E-state index contributed by atoms with van der Waals surface area (Å²) in [7, 11) is 0. The minimum absolute atomic E-state index is 0.351. The maximum absolute atomic E-state index is 12.0. The van der Waals surface area contributed by atoms with E-state index in [9.17, 15) is 4.79 Å². The molecule has 0 saturated carbocycles. The summed E-state index contributed by atoms with van der Waals surface area (Å²) in [4.78, 5) is 14.6. The number of thioether (sulfide) groups is 1. The normalized spacial score (nSPS) is 18.7. The van der Waals surface area contributed by atoms with E-state index in [2.05, 4.69) is 12.2 Å². The Morgan fingerprint density at radius 1 is 1.44 bits per heavy atom. The van der Waals surface area contributed by atoms with Gasteiger partial charge in [0.05, 0.1) is 0 Å². The van der Waals surface area contributed by atoms with Crippen LogP contribution in [0.15, 0.2) is 47.2 Å². The van der Waals surface area contributed by atoms with Crippen molar-refractivity contribution in [2.45, 2.75) is 26.4 Å². The van der Waals surface area contributed by atoms with Crippen LogP contribution in [0.1, 0.15) is 20.8 Å². The van der Waals surface area contributed by atoms with Crippen molar-refractivity contribution in [3.8, 4) is 0 Å². The monoisotopic (exact) mass is 263 g/mol. The second-order valence-corrected chi connectivity index (χ2v) is 6.12. The zero-order valence-electron chi connectivity index (χ0n) is 10.8. The molecule has 0 spiro atoms. The first-order chi connectivity index (χ1) is 8.46. The molecule has 0 fully saturated rings. The van der Waals surface area contributed by atoms with Crippen molar-refractivity contribution in [2.75, 3.05) is 5.75 Å². The van der Waals surface area contributed by atoms with Crippen LogP contribution in [0, 0.1) is 0 Å². The van der Waals surface area contributed by atoms with Crippen LogP contribution in [0.25, 0.3) is 0 Å². The molecule has 1 amide bonds. The van der Waals surface area contributed by atoms with Crippen molar-refractivity contribution >= 4 is 17.9 Å². The van der Waals surface area contributed by atoms with Gasteiger partial charge < -0.3 is 4.74 Å². The van der Waals surface area contributed by atoms with Crippen LogP contribution >= 0.6 is 11.8 Å². The molecule has 4 heteroatoms. The first kappa shape index (κ1) is 13.0. The quantitative estimate of drug-likeness (QED) is 0.665. The predicted molar refractivity (Wildman–Crippen MR) is 75.0 cm³/mol. The van der Waals surface area contributed by atoms with Gasteiger partial charge in [-0.1, -0.05) is 18.2 Å². The highest BCUT2D eigenvalue weighted by atomic mass is 32.2. The molecule has 2 rings (SSSR count). The molecular formula is C14H17NO2S. The number of hydrogen-bond acceptors (Lipinski definition) is 3. The molecule has 0 bridgehead atoms. The van der Waals surface area contributed by atoms with Gasteiger partial charge in [0.1, 0.15) is 5.60 Å². The summed E-state index contributed by atoms with van der Waals surface area (Å²) in [5.41, 5.74) is 0.652. The van der Waals surface area contributed by atoms with Crippen LogP contribution in [-0.4, -0.2) is 22.3 Å². The summed E-state index contributed by atoms with van der Waals surface area (Å²) in [6.45, 7) is 5.59. The SMILES string of the molecule is CC(C)(C)OC(=O)N1C=CC=C2C=CCSC2=C1. The van der Waals surface area contributed by atoms with Gasteiger partial charge in [0.15, 0.2) is 0 Å². The second-order valence-electron chi connectivity index (χ2n) is 5.06. The number of carbonyl (C=O) groups excluding carboxylic acids is 1. The van der Waals surface area contributed by atoms with E-state index in [0.29, 0.717) is 0 Å². The third-order valence-electron chi connectivity index (χ3n) is 2.30. The van der Waals surface area contributed by atoms with Crippen LogP contribution in [0.3, 0.4) is 0 Å². The highest BCUT2D eigenvalue weighted by Gasteiger charge is 2.21. The van der Waals surface area contributed by atoms with Crippen molar-refractivity contribution in [1.82, 2.24) is 4.90 Å². The standard InChI is InChI=1S/C14H17NO2S/c1-14(2,3)17-13(16)15-8-4-6-11-7-5-9-18-12(11)10-15/h4-8,10H,9H2,1-3H3. The maximum atomic E-state index is 12.0. The summed E-state index contributed by atoms with van der Waals surface area (Å²) >= 11 is 1.72. The lowest BCUT2D eigenvalue weighted by Crippen LogP contribution is -2.30. The highest BCUT2D eigenvalue weighted by Crippen LogP contribution is 2.31. The number of hydrogen-bond donors (Lipinski definition) is 0. The molecule has 0 aromatic rings. The zero-order valence-corrected chi connectivity index (χ0v) is 11.7. The van der Waals surface area contributed by atoms with Gasteiger partial charge in [-0.15, -0.1) is 11.8 Å². The fourth-order valence-electron chi connectivity index (χ4n) is 1.56. The van der Waals surface area contributed by atoms with Crippen LogP contribution < -0.4 is 0 Å². The van der Waals surface area contributed by atoms with E-state index in [1.165, 1.54) is 4.90 Å². The third kappa shape index (κ3) is 3.29. The summed E-state index contributed by atoms with van der Waals surface area (Å²) in [6.07, 6.45) is 11.3. The molecule has 0 unspecified atom stereocenters. The van der Waals surface area contributed by atoms with E-state index < -0.39 is 5.60 Å². The smallest absolute Gasteiger partial charge is 0.418 e. The first-order valence-corrected chi connectivity index (χ1v) is 6.86. The second kappa shape index (κ2) is 5.06. The van der Waals surface area contributed by atoms with E-state index in [4.69, 9.17) is 4.74 Å². The molecule has 0 N–H and O–H groups in total. The van der Waals surface area contributed by atoms with Gasteiger partial charge >= 0.3 is 6.09 Å². The summed E-state index contributed by atoms with van der Waals surface area (Å²) < 4.78 is 5.35. The highest BCUT2D eigenvalue weighted by molar-refractivity contribution is 8.03. The molecular weight excluding hydrogens is 246 g/mol. The predicted octanol–water partition coefficient (Wildman–Crippen LogP) is 3.82. The molecule has 0 saturated heterocycles. The summed E-state index contributed by atoms with van der Waals surface area (Å²) in [5.74, 6) is 0.936. The summed E-state index contributed by atoms with van der Waals surface area (Å²) in [5, 5.41) is 0. The number of rotatable bonds is 0. The van der Waals surface area contributed by atoms with Crippen molar-refractivity contribution in [3.63, 3.8) is 0 Å². The Labute approximate surface area is 112 Å². The van der Waals surface area contributed by atoms with Crippen molar-refractivity contribution in [1.29, 1.82) is 0 Å². The van der Waals surface area contributed by atoms with Gasteiger partial charge in [0.2, 0.25) is 0 Å². The zero-order chi connectivity index (χ0) is 13.2. The van der Waals surface area contributed by atoms with Gasteiger partial charge in [-0.3, -0.25) is 4.90 Å². The number of ether oxygens (including phenoxy) is 1. The Morgan fingerprint density at radius 2 is 2.22 bits per heavy atom. The fraction of sp³-hybridized carbons (Fsp3) is 0.357. The van der Waals surface area contributed by atoms with Crippen molar-refractivity contribution in [2.24, 2.45) is 0 Å². The van der Waals surface area contributed by atoms with Crippen LogP contribution in [0.4, 0.5) is 4.79 Å². The third-order valence-corrected chi connectivity index (χ3v) is 3.31. The average Bonchev–Trinajstić information content (AvgIpc) is 2.48. The number of fused-ring (bicyclic) bond motifs is 1. The van der Waals surface area contributed by atoms with Crippen LogP contribution in [0.5, 0.6) is 0 Å². The lowest BCUT2D eigenvalue weighted by Gasteiger charge is -2.23. The molecule has 0 aromatic heterocycles. The van der Waals surface area contributed by atoms with E-state index in [1.54, 1.807) is 18.0 Å². The van der Waals surface area contributed by atoms with Gasteiger partial charge in [-0.05, 0) is 32.4 Å². The lowest BCUT2D eigenvalue weighted by atomic mass is 10.2. The van der Waals surface area contributed by atoms with E-state index >= 15 is 0 Å². The number of amides is 1. The Morgan fingerprint density at radius 3 is 2.94 bits per heavy atom. The molecule has 3 nitrogen and oxygen atoms in total. The van der Waals surface area contributed by atoms with Crippen molar-refractivity contribution < 1.29 is 9.53 Å². The van der Waals surface area contributed by atoms with Gasteiger partial charge in [-0.25, -0.2) is 4.79 Å². The Bertz CT molecular complexity index is 467. The maximum Gasteiger partial charge on any atom is 0.418 e. The lowest BCUT2D eigenvalue weighted by molar-refractivity contribution is 0.0400. The number of allylic oxidation sites excluding steroid dienone is 4. The Hall–Kier alpha value is -1.42. The Kier molecular flexibility index (Phi) is 3.66. The number of carbonyl (C=O) groups is 1. The molecule has 2 aliphatic rings. The first-order valence-electron chi connectivity index (χ1n) is 5.87. The van der Waals surface area contributed by atoms with Gasteiger partial charge in [0, 0.05) is 23.1 Å². The topological polar surface area (TPSA) is 29.5 Å². The fourth-order valence-corrected chi connectivity index (χ4v) is 2.43.